The Hall–Kier alpha value is -1.09. The summed E-state index contributed by atoms with van der Waals surface area (Å²) in [5.74, 6) is 0. The Morgan fingerprint density at radius 1 is 1.56 bits per heavy atom. The minimum Gasteiger partial charge on any atom is -0.310 e. The Morgan fingerprint density at radius 3 is 2.81 bits per heavy atom. The van der Waals surface area contributed by atoms with Crippen LogP contribution in [0.5, 0.6) is 0 Å². The maximum Gasteiger partial charge on any atom is 0.0537 e. The molecule has 3 nitrogen and oxygen atoms in total. The highest BCUT2D eigenvalue weighted by Crippen LogP contribution is 2.09. The number of aromatic nitrogens is 2. The average molecular weight is 221 g/mol. The fraction of sp³-hybridized carbons (Fsp3) is 0.615. The molecule has 0 bridgehead atoms. The fourth-order valence-corrected chi connectivity index (χ4v) is 1.50. The summed E-state index contributed by atoms with van der Waals surface area (Å²) in [4.78, 5) is 0. The number of rotatable bonds is 6. The highest BCUT2D eigenvalue weighted by Gasteiger charge is 2.06. The van der Waals surface area contributed by atoms with Gasteiger partial charge in [-0.15, -0.1) is 6.58 Å². The molecule has 16 heavy (non-hydrogen) atoms. The van der Waals surface area contributed by atoms with Crippen LogP contribution in [0.25, 0.3) is 0 Å². The predicted molar refractivity (Wildman–Crippen MR) is 68.4 cm³/mol. The lowest BCUT2D eigenvalue weighted by molar-refractivity contribution is 0.577. The van der Waals surface area contributed by atoms with E-state index in [0.29, 0.717) is 6.04 Å². The van der Waals surface area contributed by atoms with Gasteiger partial charge in [-0.1, -0.05) is 19.4 Å². The number of nitrogens with one attached hydrogen (secondary N) is 1. The van der Waals surface area contributed by atoms with Crippen molar-refractivity contribution in [3.63, 3.8) is 0 Å². The van der Waals surface area contributed by atoms with Crippen LogP contribution in [0.1, 0.15) is 38.4 Å². The van der Waals surface area contributed by atoms with E-state index in [2.05, 4.69) is 49.4 Å². The van der Waals surface area contributed by atoms with Gasteiger partial charge in [-0.25, -0.2) is 0 Å². The standard InChI is InChI=1S/C13H23N3/c1-10(2)6-7-16-12(5)13(9-15-16)8-14-11(3)4/h9,11,14H,1,6-8H2,2-5H3. The second-order valence-corrected chi connectivity index (χ2v) is 4.72. The molecular weight excluding hydrogens is 198 g/mol. The molecule has 0 unspecified atom stereocenters. The normalized spacial score (nSPS) is 11.1. The summed E-state index contributed by atoms with van der Waals surface area (Å²) in [5, 5.41) is 7.81. The Morgan fingerprint density at radius 2 is 2.25 bits per heavy atom. The zero-order valence-corrected chi connectivity index (χ0v) is 10.9. The second-order valence-electron chi connectivity index (χ2n) is 4.72. The lowest BCUT2D eigenvalue weighted by Crippen LogP contribution is -2.22. The molecule has 90 valence electrons. The first-order valence-electron chi connectivity index (χ1n) is 5.89. The third-order valence-corrected chi connectivity index (χ3v) is 2.66. The van der Waals surface area contributed by atoms with Crippen molar-refractivity contribution in [1.29, 1.82) is 0 Å². The van der Waals surface area contributed by atoms with Gasteiger partial charge in [0.05, 0.1) is 6.20 Å². The van der Waals surface area contributed by atoms with Gasteiger partial charge in [-0.05, 0) is 20.3 Å². The first-order chi connectivity index (χ1) is 7.50. The highest BCUT2D eigenvalue weighted by molar-refractivity contribution is 5.16. The Bertz CT molecular complexity index is 350. The summed E-state index contributed by atoms with van der Waals surface area (Å²) in [6, 6.07) is 0.512. The van der Waals surface area contributed by atoms with Crippen LogP contribution in [0.4, 0.5) is 0 Å². The summed E-state index contributed by atoms with van der Waals surface area (Å²) in [5.41, 5.74) is 3.75. The van der Waals surface area contributed by atoms with E-state index < -0.39 is 0 Å². The maximum absolute atomic E-state index is 4.40. The molecular formula is C13H23N3. The van der Waals surface area contributed by atoms with Crippen molar-refractivity contribution in [2.24, 2.45) is 0 Å². The van der Waals surface area contributed by atoms with E-state index in [0.717, 1.165) is 19.5 Å². The molecule has 0 saturated carbocycles. The molecule has 0 radical (unpaired) electrons. The third-order valence-electron chi connectivity index (χ3n) is 2.66. The average Bonchev–Trinajstić information content (AvgIpc) is 2.53. The first-order valence-corrected chi connectivity index (χ1v) is 5.89. The van der Waals surface area contributed by atoms with Gasteiger partial charge < -0.3 is 5.32 Å². The van der Waals surface area contributed by atoms with Crippen LogP contribution in [0, 0.1) is 6.92 Å². The number of aryl methyl sites for hydroxylation is 1. The van der Waals surface area contributed by atoms with Crippen LogP contribution in [0.15, 0.2) is 18.3 Å². The van der Waals surface area contributed by atoms with Gasteiger partial charge in [0.1, 0.15) is 0 Å². The molecule has 0 aliphatic carbocycles. The molecule has 1 rings (SSSR count). The Kier molecular flexibility index (Phi) is 4.74. The van der Waals surface area contributed by atoms with E-state index in [1.807, 2.05) is 6.20 Å². The smallest absolute Gasteiger partial charge is 0.0537 e. The van der Waals surface area contributed by atoms with Gasteiger partial charge >= 0.3 is 0 Å². The number of nitrogens with zero attached hydrogens (tertiary/aromatic N) is 2. The fourth-order valence-electron chi connectivity index (χ4n) is 1.50. The molecule has 0 spiro atoms. The summed E-state index contributed by atoms with van der Waals surface area (Å²) >= 11 is 0. The van der Waals surface area contributed by atoms with Crippen molar-refractivity contribution in [3.05, 3.63) is 29.6 Å². The summed E-state index contributed by atoms with van der Waals surface area (Å²) in [6.07, 6.45) is 2.96. The molecule has 0 saturated heterocycles. The van der Waals surface area contributed by atoms with E-state index in [4.69, 9.17) is 0 Å². The first kappa shape index (κ1) is 13.0. The molecule has 1 heterocycles. The zero-order chi connectivity index (χ0) is 12.1. The van der Waals surface area contributed by atoms with Gasteiger partial charge in [0.25, 0.3) is 0 Å². The van der Waals surface area contributed by atoms with E-state index in [9.17, 15) is 0 Å². The maximum atomic E-state index is 4.40. The molecule has 1 aromatic rings. The van der Waals surface area contributed by atoms with Crippen LogP contribution in [-0.2, 0) is 13.1 Å². The van der Waals surface area contributed by atoms with E-state index in [-0.39, 0.29) is 0 Å². The molecule has 1 N–H and O–H groups in total. The van der Waals surface area contributed by atoms with Crippen molar-refractivity contribution in [1.82, 2.24) is 15.1 Å². The molecule has 0 fully saturated rings. The SMILES string of the molecule is C=C(C)CCn1ncc(CNC(C)C)c1C. The molecule has 3 heteroatoms. The van der Waals surface area contributed by atoms with E-state index in [1.54, 1.807) is 0 Å². The van der Waals surface area contributed by atoms with Crippen LogP contribution in [0.3, 0.4) is 0 Å². The van der Waals surface area contributed by atoms with Crippen molar-refractivity contribution < 1.29 is 0 Å². The molecule has 0 atom stereocenters. The molecule has 1 aromatic heterocycles. The topological polar surface area (TPSA) is 29.9 Å². The Balaban J connectivity index is 2.57. The van der Waals surface area contributed by atoms with Gasteiger partial charge in [-0.2, -0.15) is 5.10 Å². The molecule has 0 aliphatic rings. The number of hydrogen-bond acceptors (Lipinski definition) is 2. The largest absolute Gasteiger partial charge is 0.310 e. The zero-order valence-electron chi connectivity index (χ0n) is 10.9. The summed E-state index contributed by atoms with van der Waals surface area (Å²) < 4.78 is 2.06. The monoisotopic (exact) mass is 221 g/mol. The van der Waals surface area contributed by atoms with E-state index >= 15 is 0 Å². The third kappa shape index (κ3) is 3.81. The quantitative estimate of drug-likeness (QED) is 0.748. The second kappa shape index (κ2) is 5.85. The number of hydrogen-bond donors (Lipinski definition) is 1. The summed E-state index contributed by atoms with van der Waals surface area (Å²) in [6.45, 7) is 14.2. The Labute approximate surface area is 98.5 Å². The van der Waals surface area contributed by atoms with Crippen LogP contribution in [-0.4, -0.2) is 15.8 Å². The van der Waals surface area contributed by atoms with Crippen LogP contribution < -0.4 is 5.32 Å². The minimum absolute atomic E-state index is 0.512. The molecule has 0 aliphatic heterocycles. The molecule has 0 amide bonds. The van der Waals surface area contributed by atoms with Crippen molar-refractivity contribution in [3.8, 4) is 0 Å². The predicted octanol–water partition coefficient (Wildman–Crippen LogP) is 2.66. The van der Waals surface area contributed by atoms with Crippen molar-refractivity contribution >= 4 is 0 Å². The van der Waals surface area contributed by atoms with Crippen LogP contribution >= 0.6 is 0 Å². The molecule has 0 aromatic carbocycles. The van der Waals surface area contributed by atoms with Crippen molar-refractivity contribution in [2.75, 3.05) is 0 Å². The van der Waals surface area contributed by atoms with Gasteiger partial charge in [0, 0.05) is 30.4 Å². The van der Waals surface area contributed by atoms with Gasteiger partial charge in [0.2, 0.25) is 0 Å². The minimum atomic E-state index is 0.512. The van der Waals surface area contributed by atoms with E-state index in [1.165, 1.54) is 16.8 Å². The van der Waals surface area contributed by atoms with Crippen LogP contribution in [0.2, 0.25) is 0 Å². The lowest BCUT2D eigenvalue weighted by atomic mass is 10.2. The number of allylic oxidation sites excluding steroid dienone is 1. The van der Waals surface area contributed by atoms with Gasteiger partial charge in [0.15, 0.2) is 0 Å². The van der Waals surface area contributed by atoms with Crippen molar-refractivity contribution in [2.45, 2.75) is 53.2 Å². The highest BCUT2D eigenvalue weighted by atomic mass is 15.3. The van der Waals surface area contributed by atoms with Gasteiger partial charge in [-0.3, -0.25) is 4.68 Å². The lowest BCUT2D eigenvalue weighted by Gasteiger charge is -2.08. The summed E-state index contributed by atoms with van der Waals surface area (Å²) in [7, 11) is 0.